The highest BCUT2D eigenvalue weighted by atomic mass is 32.2. The van der Waals surface area contributed by atoms with Crippen molar-refractivity contribution in [2.24, 2.45) is 0 Å². The maximum absolute atomic E-state index is 5.88. The predicted octanol–water partition coefficient (Wildman–Crippen LogP) is 3.09. The molecule has 0 amide bonds. The molecule has 3 heteroatoms. The van der Waals surface area contributed by atoms with Crippen LogP contribution in [0.1, 0.15) is 32.1 Å². The zero-order valence-electron chi connectivity index (χ0n) is 8.28. The van der Waals surface area contributed by atoms with Crippen LogP contribution in [0.2, 0.25) is 0 Å². The van der Waals surface area contributed by atoms with Crippen LogP contribution in [0.25, 0.3) is 0 Å². The number of thioether (sulfide) groups is 1. The lowest BCUT2D eigenvalue weighted by molar-refractivity contribution is 0.516. The van der Waals surface area contributed by atoms with E-state index in [0.717, 1.165) is 15.8 Å². The average molecular weight is 208 g/mol. The third kappa shape index (κ3) is 2.41. The van der Waals surface area contributed by atoms with Crippen LogP contribution in [0.5, 0.6) is 0 Å². The first-order chi connectivity index (χ1) is 6.86. The summed E-state index contributed by atoms with van der Waals surface area (Å²) in [7, 11) is 0. The van der Waals surface area contributed by atoms with E-state index in [4.69, 9.17) is 5.73 Å². The van der Waals surface area contributed by atoms with Gasteiger partial charge in [-0.15, -0.1) is 11.8 Å². The van der Waals surface area contributed by atoms with Crippen LogP contribution < -0.4 is 5.73 Å². The van der Waals surface area contributed by atoms with Crippen molar-refractivity contribution in [2.75, 3.05) is 5.73 Å². The average Bonchev–Trinajstić information content (AvgIpc) is 2.23. The van der Waals surface area contributed by atoms with Crippen molar-refractivity contribution in [3.05, 3.63) is 18.5 Å². The van der Waals surface area contributed by atoms with Crippen molar-refractivity contribution in [3.8, 4) is 0 Å². The highest BCUT2D eigenvalue weighted by molar-refractivity contribution is 8.00. The molecule has 2 N–H and O–H groups in total. The monoisotopic (exact) mass is 208 g/mol. The van der Waals surface area contributed by atoms with Crippen molar-refractivity contribution >= 4 is 17.4 Å². The van der Waals surface area contributed by atoms with Crippen LogP contribution in [0.15, 0.2) is 23.4 Å². The van der Waals surface area contributed by atoms with E-state index in [-0.39, 0.29) is 0 Å². The first kappa shape index (κ1) is 9.84. The summed E-state index contributed by atoms with van der Waals surface area (Å²) >= 11 is 1.90. The third-order valence-electron chi connectivity index (χ3n) is 2.66. The fraction of sp³-hybridized carbons (Fsp3) is 0.545. The van der Waals surface area contributed by atoms with Crippen LogP contribution in [0.3, 0.4) is 0 Å². The topological polar surface area (TPSA) is 38.9 Å². The van der Waals surface area contributed by atoms with E-state index in [1.54, 1.807) is 6.20 Å². The van der Waals surface area contributed by atoms with Gasteiger partial charge in [-0.05, 0) is 18.9 Å². The second-order valence-corrected chi connectivity index (χ2v) is 5.13. The standard InChI is InChI=1S/C11H16N2S/c12-10-6-7-13-8-11(10)14-9-4-2-1-3-5-9/h6-9H,1-5H2,(H2,12,13). The summed E-state index contributed by atoms with van der Waals surface area (Å²) in [5, 5.41) is 0.759. The Bertz CT molecular complexity index is 295. The maximum atomic E-state index is 5.88. The molecule has 76 valence electrons. The first-order valence-electron chi connectivity index (χ1n) is 5.22. The normalized spacial score (nSPS) is 18.3. The molecule has 1 fully saturated rings. The van der Waals surface area contributed by atoms with Gasteiger partial charge in [0.25, 0.3) is 0 Å². The Morgan fingerprint density at radius 1 is 1.29 bits per heavy atom. The molecule has 0 saturated heterocycles. The van der Waals surface area contributed by atoms with Gasteiger partial charge in [0.2, 0.25) is 0 Å². The first-order valence-corrected chi connectivity index (χ1v) is 6.10. The van der Waals surface area contributed by atoms with E-state index in [9.17, 15) is 0 Å². The third-order valence-corrected chi connectivity index (χ3v) is 4.06. The number of aromatic nitrogens is 1. The minimum absolute atomic E-state index is 0.759. The van der Waals surface area contributed by atoms with E-state index < -0.39 is 0 Å². The van der Waals surface area contributed by atoms with Crippen LogP contribution in [0.4, 0.5) is 5.69 Å². The largest absolute Gasteiger partial charge is 0.398 e. The molecule has 1 aliphatic carbocycles. The Morgan fingerprint density at radius 3 is 2.79 bits per heavy atom. The van der Waals surface area contributed by atoms with Gasteiger partial charge in [-0.25, -0.2) is 0 Å². The van der Waals surface area contributed by atoms with E-state index in [1.165, 1.54) is 32.1 Å². The molecular weight excluding hydrogens is 192 g/mol. The number of hydrogen-bond donors (Lipinski definition) is 1. The lowest BCUT2D eigenvalue weighted by Gasteiger charge is -2.21. The lowest BCUT2D eigenvalue weighted by atomic mass is 10.0. The van der Waals surface area contributed by atoms with Gasteiger partial charge in [0.1, 0.15) is 0 Å². The number of nitrogens with zero attached hydrogens (tertiary/aromatic N) is 1. The molecule has 1 heterocycles. The number of rotatable bonds is 2. The molecule has 14 heavy (non-hydrogen) atoms. The SMILES string of the molecule is Nc1ccncc1SC1CCCCC1. The minimum atomic E-state index is 0.759. The number of anilines is 1. The fourth-order valence-electron chi connectivity index (χ4n) is 1.85. The van der Waals surface area contributed by atoms with Crippen molar-refractivity contribution in [2.45, 2.75) is 42.2 Å². The van der Waals surface area contributed by atoms with Gasteiger partial charge in [-0.2, -0.15) is 0 Å². The van der Waals surface area contributed by atoms with E-state index >= 15 is 0 Å². The predicted molar refractivity (Wildman–Crippen MR) is 61.4 cm³/mol. The highest BCUT2D eigenvalue weighted by Crippen LogP contribution is 2.35. The van der Waals surface area contributed by atoms with Crippen molar-refractivity contribution in [1.82, 2.24) is 4.98 Å². The second-order valence-electron chi connectivity index (χ2n) is 3.79. The molecule has 0 aromatic carbocycles. The molecule has 2 nitrogen and oxygen atoms in total. The zero-order chi connectivity index (χ0) is 9.80. The van der Waals surface area contributed by atoms with Crippen molar-refractivity contribution in [1.29, 1.82) is 0 Å². The van der Waals surface area contributed by atoms with Gasteiger partial charge in [0.05, 0.1) is 0 Å². The molecule has 0 radical (unpaired) electrons. The van der Waals surface area contributed by atoms with E-state index in [2.05, 4.69) is 4.98 Å². The second kappa shape index (κ2) is 4.69. The summed E-state index contributed by atoms with van der Waals surface area (Å²) in [6.45, 7) is 0. The van der Waals surface area contributed by atoms with Gasteiger partial charge >= 0.3 is 0 Å². The molecule has 0 spiro atoms. The molecule has 0 unspecified atom stereocenters. The summed E-state index contributed by atoms with van der Waals surface area (Å²) < 4.78 is 0. The number of hydrogen-bond acceptors (Lipinski definition) is 3. The summed E-state index contributed by atoms with van der Waals surface area (Å²) in [6.07, 6.45) is 10.4. The van der Waals surface area contributed by atoms with Crippen LogP contribution >= 0.6 is 11.8 Å². The van der Waals surface area contributed by atoms with E-state index in [0.29, 0.717) is 0 Å². The minimum Gasteiger partial charge on any atom is -0.398 e. The Morgan fingerprint density at radius 2 is 2.07 bits per heavy atom. The quantitative estimate of drug-likeness (QED) is 0.811. The molecule has 1 aromatic heterocycles. The molecular formula is C11H16N2S. The highest BCUT2D eigenvalue weighted by Gasteiger charge is 2.15. The number of nitrogens with two attached hydrogens (primary N) is 1. The molecule has 1 saturated carbocycles. The van der Waals surface area contributed by atoms with Crippen molar-refractivity contribution < 1.29 is 0 Å². The summed E-state index contributed by atoms with van der Waals surface area (Å²) in [4.78, 5) is 5.26. The molecule has 0 aliphatic heterocycles. The summed E-state index contributed by atoms with van der Waals surface area (Å²) in [5.74, 6) is 0. The smallest absolute Gasteiger partial charge is 0.0489 e. The van der Waals surface area contributed by atoms with Crippen molar-refractivity contribution in [3.63, 3.8) is 0 Å². The Balaban J connectivity index is 1.99. The van der Waals surface area contributed by atoms with Gasteiger partial charge in [-0.3, -0.25) is 4.98 Å². The summed E-state index contributed by atoms with van der Waals surface area (Å²) in [6, 6.07) is 1.88. The number of pyridine rings is 1. The van der Waals surface area contributed by atoms with Gasteiger partial charge in [-0.1, -0.05) is 19.3 Å². The Kier molecular flexibility index (Phi) is 3.30. The number of nitrogen functional groups attached to an aromatic ring is 1. The molecule has 0 bridgehead atoms. The van der Waals surface area contributed by atoms with Gasteiger partial charge in [0, 0.05) is 28.2 Å². The fourth-order valence-corrected chi connectivity index (χ4v) is 3.11. The molecule has 0 atom stereocenters. The molecule has 2 rings (SSSR count). The zero-order valence-corrected chi connectivity index (χ0v) is 9.09. The van der Waals surface area contributed by atoms with Gasteiger partial charge < -0.3 is 5.73 Å². The Hall–Kier alpha value is -0.700. The van der Waals surface area contributed by atoms with E-state index in [1.807, 2.05) is 24.0 Å². The van der Waals surface area contributed by atoms with Gasteiger partial charge in [0.15, 0.2) is 0 Å². The lowest BCUT2D eigenvalue weighted by Crippen LogP contribution is -2.08. The molecule has 1 aromatic rings. The summed E-state index contributed by atoms with van der Waals surface area (Å²) in [5.41, 5.74) is 6.75. The van der Waals surface area contributed by atoms with Crippen LogP contribution in [-0.2, 0) is 0 Å². The Labute approximate surface area is 89.3 Å². The molecule has 1 aliphatic rings. The van der Waals surface area contributed by atoms with Crippen LogP contribution in [0, 0.1) is 0 Å². The van der Waals surface area contributed by atoms with Crippen LogP contribution in [-0.4, -0.2) is 10.2 Å². The maximum Gasteiger partial charge on any atom is 0.0489 e.